The van der Waals surface area contributed by atoms with Crippen LogP contribution in [-0.2, 0) is 12.8 Å². The van der Waals surface area contributed by atoms with Crippen molar-refractivity contribution >= 4 is 10.9 Å². The lowest BCUT2D eigenvalue weighted by atomic mass is 9.92. The minimum Gasteiger partial charge on any atom is -0.335 e. The van der Waals surface area contributed by atoms with Crippen LogP contribution < -0.4 is 5.32 Å². The Bertz CT molecular complexity index is 1260. The number of benzene rings is 1. The molecule has 0 atom stereocenters. The highest BCUT2D eigenvalue weighted by Gasteiger charge is 2.62. The third-order valence-corrected chi connectivity index (χ3v) is 7.25. The molecule has 1 N–H and O–H groups in total. The predicted octanol–water partition coefficient (Wildman–Crippen LogP) is 6.33. The van der Waals surface area contributed by atoms with Gasteiger partial charge in [0.25, 0.3) is 0 Å². The molecule has 2 aliphatic carbocycles. The largest absolute Gasteiger partial charge is 0.406 e. The van der Waals surface area contributed by atoms with Crippen molar-refractivity contribution < 1.29 is 22.0 Å². The van der Waals surface area contributed by atoms with Crippen molar-refractivity contribution in [1.29, 1.82) is 5.26 Å². The molecule has 184 valence electrons. The van der Waals surface area contributed by atoms with Crippen molar-refractivity contribution in [1.82, 2.24) is 14.9 Å². The molecule has 9 heteroatoms. The van der Waals surface area contributed by atoms with E-state index in [0.717, 1.165) is 30.3 Å². The molecule has 2 aromatic heterocycles. The molecule has 2 aliphatic rings. The standard InChI is InChI=1S/C26H25F5N4/c27-23(28)13-17-4-6-19-20(14-32)24(35(22(19)12-17)18-2-1-3-18)21-7-5-16(15-33-21)8-11-34-25(9-10-25)26(29,30)31/h4-7,12,15,18,23,34H,1-3,8-11,13H2. The van der Waals surface area contributed by atoms with E-state index in [1.165, 1.54) is 0 Å². The Balaban J connectivity index is 1.44. The SMILES string of the molecule is N#Cc1c(-c2ccc(CCNC3(C(F)(F)F)CC3)cn2)n(C2CCC2)c2cc(CC(F)F)ccc12. The van der Waals surface area contributed by atoms with Gasteiger partial charge in [-0.15, -0.1) is 0 Å². The van der Waals surface area contributed by atoms with E-state index in [2.05, 4.69) is 20.9 Å². The number of nitriles is 1. The predicted molar refractivity (Wildman–Crippen MR) is 122 cm³/mol. The van der Waals surface area contributed by atoms with Gasteiger partial charge < -0.3 is 9.88 Å². The number of pyridine rings is 1. The summed E-state index contributed by atoms with van der Waals surface area (Å²) in [5, 5.41) is 13.3. The summed E-state index contributed by atoms with van der Waals surface area (Å²) in [6.07, 6.45) is -1.87. The van der Waals surface area contributed by atoms with E-state index in [9.17, 15) is 27.2 Å². The van der Waals surface area contributed by atoms with Crippen LogP contribution in [0.15, 0.2) is 36.5 Å². The molecule has 1 aromatic carbocycles. The average Bonchev–Trinajstić information content (AvgIpc) is 3.51. The third-order valence-electron chi connectivity index (χ3n) is 7.25. The van der Waals surface area contributed by atoms with Gasteiger partial charge in [-0.25, -0.2) is 8.78 Å². The molecule has 0 saturated heterocycles. The fourth-order valence-electron chi connectivity index (χ4n) is 4.89. The van der Waals surface area contributed by atoms with Crippen molar-refractivity contribution in [3.63, 3.8) is 0 Å². The molecule has 2 fully saturated rings. The quantitative estimate of drug-likeness (QED) is 0.377. The highest BCUT2D eigenvalue weighted by Crippen LogP contribution is 2.49. The van der Waals surface area contributed by atoms with Gasteiger partial charge in [0.05, 0.1) is 22.5 Å². The zero-order valence-electron chi connectivity index (χ0n) is 19.0. The number of fused-ring (bicyclic) bond motifs is 1. The van der Waals surface area contributed by atoms with Gasteiger partial charge in [-0.3, -0.25) is 4.98 Å². The molecule has 0 bridgehead atoms. The fraction of sp³-hybridized carbons (Fsp3) is 0.462. The van der Waals surface area contributed by atoms with Gasteiger partial charge >= 0.3 is 6.18 Å². The number of nitrogens with one attached hydrogen (secondary N) is 1. The van der Waals surface area contributed by atoms with Crippen molar-refractivity contribution in [3.05, 3.63) is 53.2 Å². The van der Waals surface area contributed by atoms with E-state index in [-0.39, 0.29) is 31.8 Å². The second-order valence-electron chi connectivity index (χ2n) is 9.55. The highest BCUT2D eigenvalue weighted by molar-refractivity contribution is 5.94. The third kappa shape index (κ3) is 4.40. The average molecular weight is 489 g/mol. The van der Waals surface area contributed by atoms with E-state index >= 15 is 0 Å². The first-order chi connectivity index (χ1) is 16.7. The monoisotopic (exact) mass is 488 g/mol. The van der Waals surface area contributed by atoms with Crippen LogP contribution in [-0.4, -0.2) is 34.2 Å². The van der Waals surface area contributed by atoms with Gasteiger partial charge in [0, 0.05) is 30.6 Å². The summed E-state index contributed by atoms with van der Waals surface area (Å²) in [6, 6.07) is 11.2. The Morgan fingerprint density at radius 2 is 1.89 bits per heavy atom. The molecule has 5 rings (SSSR count). The molecular formula is C26H25F5N4. The van der Waals surface area contributed by atoms with E-state index < -0.39 is 18.1 Å². The second kappa shape index (κ2) is 8.90. The van der Waals surface area contributed by atoms with Crippen LogP contribution in [0.4, 0.5) is 22.0 Å². The smallest absolute Gasteiger partial charge is 0.335 e. The van der Waals surface area contributed by atoms with Gasteiger partial charge in [0.15, 0.2) is 0 Å². The molecule has 0 radical (unpaired) electrons. The Labute approximate surface area is 199 Å². The number of hydrogen-bond donors (Lipinski definition) is 1. The van der Waals surface area contributed by atoms with E-state index in [4.69, 9.17) is 0 Å². The Kier molecular flexibility index (Phi) is 6.04. The zero-order valence-corrected chi connectivity index (χ0v) is 19.0. The molecule has 0 unspecified atom stereocenters. The summed E-state index contributed by atoms with van der Waals surface area (Å²) in [6.45, 7) is 0.194. The molecule has 35 heavy (non-hydrogen) atoms. The summed E-state index contributed by atoms with van der Waals surface area (Å²) < 4.78 is 67.4. The molecule has 0 spiro atoms. The number of rotatable bonds is 8. The zero-order chi connectivity index (χ0) is 24.8. The molecule has 4 nitrogen and oxygen atoms in total. The van der Waals surface area contributed by atoms with E-state index in [1.54, 1.807) is 30.5 Å². The first kappa shape index (κ1) is 23.7. The molecule has 3 aromatic rings. The maximum atomic E-state index is 13.1. The van der Waals surface area contributed by atoms with E-state index in [1.807, 2.05) is 6.07 Å². The van der Waals surface area contributed by atoms with Crippen molar-refractivity contribution in [3.8, 4) is 17.5 Å². The fourth-order valence-corrected chi connectivity index (χ4v) is 4.89. The Morgan fingerprint density at radius 1 is 1.14 bits per heavy atom. The minimum atomic E-state index is -4.24. The molecule has 2 saturated carbocycles. The molecule has 2 heterocycles. The topological polar surface area (TPSA) is 53.6 Å². The summed E-state index contributed by atoms with van der Waals surface area (Å²) in [7, 11) is 0. The molecule has 0 aliphatic heterocycles. The van der Waals surface area contributed by atoms with Crippen LogP contribution in [0.3, 0.4) is 0 Å². The van der Waals surface area contributed by atoms with Crippen molar-refractivity contribution in [2.24, 2.45) is 0 Å². The Morgan fingerprint density at radius 3 is 2.43 bits per heavy atom. The molecule has 0 amide bonds. The minimum absolute atomic E-state index is 0.107. The number of hydrogen-bond acceptors (Lipinski definition) is 3. The first-order valence-electron chi connectivity index (χ1n) is 11.8. The van der Waals surface area contributed by atoms with E-state index in [0.29, 0.717) is 34.3 Å². The lowest BCUT2D eigenvalue weighted by Gasteiger charge is -2.30. The summed E-state index contributed by atoms with van der Waals surface area (Å²) in [4.78, 5) is 4.56. The van der Waals surface area contributed by atoms with Crippen LogP contribution in [0.25, 0.3) is 22.3 Å². The summed E-state index contributed by atoms with van der Waals surface area (Å²) in [5.41, 5.74) is 2.04. The van der Waals surface area contributed by atoms with Crippen molar-refractivity contribution in [2.45, 2.75) is 69.1 Å². The van der Waals surface area contributed by atoms with Gasteiger partial charge in [-0.05, 0) is 61.8 Å². The van der Waals surface area contributed by atoms with Gasteiger partial charge in [-0.2, -0.15) is 18.4 Å². The number of halogens is 5. The second-order valence-corrected chi connectivity index (χ2v) is 9.55. The Hall–Kier alpha value is -2.99. The normalized spacial score (nSPS) is 17.5. The lowest BCUT2D eigenvalue weighted by molar-refractivity contribution is -0.165. The summed E-state index contributed by atoms with van der Waals surface area (Å²) in [5.74, 6) is 0. The van der Waals surface area contributed by atoms with Crippen LogP contribution in [0.2, 0.25) is 0 Å². The maximum absolute atomic E-state index is 13.1. The van der Waals surface area contributed by atoms with Gasteiger partial charge in [-0.1, -0.05) is 18.2 Å². The van der Waals surface area contributed by atoms with Crippen LogP contribution >= 0.6 is 0 Å². The number of aromatic nitrogens is 2. The highest BCUT2D eigenvalue weighted by atomic mass is 19.4. The van der Waals surface area contributed by atoms with Crippen LogP contribution in [0.5, 0.6) is 0 Å². The van der Waals surface area contributed by atoms with Gasteiger partial charge in [0.2, 0.25) is 6.43 Å². The van der Waals surface area contributed by atoms with Gasteiger partial charge in [0.1, 0.15) is 11.6 Å². The van der Waals surface area contributed by atoms with Crippen molar-refractivity contribution in [2.75, 3.05) is 6.54 Å². The van der Waals surface area contributed by atoms with Crippen LogP contribution in [0, 0.1) is 11.3 Å². The lowest BCUT2D eigenvalue weighted by Crippen LogP contribution is -2.45. The van der Waals surface area contributed by atoms with Crippen LogP contribution in [0.1, 0.15) is 54.8 Å². The molecular weight excluding hydrogens is 463 g/mol. The number of nitrogens with zero attached hydrogens (tertiary/aromatic N) is 3. The maximum Gasteiger partial charge on any atom is 0.406 e. The summed E-state index contributed by atoms with van der Waals surface area (Å²) >= 11 is 0. The number of alkyl halides is 5. The first-order valence-corrected chi connectivity index (χ1v) is 11.8.